The molecule has 0 spiro atoms. The van der Waals surface area contributed by atoms with Crippen molar-refractivity contribution < 1.29 is 14.3 Å². The molecule has 0 unspecified atom stereocenters. The number of anilines is 1. The zero-order chi connectivity index (χ0) is 19.4. The van der Waals surface area contributed by atoms with Gasteiger partial charge in [-0.3, -0.25) is 9.59 Å². The zero-order valence-corrected chi connectivity index (χ0v) is 16.1. The Hall–Kier alpha value is -2.82. The maximum atomic E-state index is 13.1. The quantitative estimate of drug-likeness (QED) is 0.852. The van der Waals surface area contributed by atoms with Gasteiger partial charge in [0.15, 0.2) is 0 Å². The first-order valence-electron chi connectivity index (χ1n) is 9.44. The highest BCUT2D eigenvalue weighted by Gasteiger charge is 2.32. The molecule has 5 heteroatoms. The highest BCUT2D eigenvalue weighted by Crippen LogP contribution is 2.28. The van der Waals surface area contributed by atoms with Gasteiger partial charge in [0.25, 0.3) is 5.91 Å². The van der Waals surface area contributed by atoms with Crippen LogP contribution in [0.3, 0.4) is 0 Å². The summed E-state index contributed by atoms with van der Waals surface area (Å²) in [4.78, 5) is 27.6. The van der Waals surface area contributed by atoms with Crippen molar-refractivity contribution in [1.29, 1.82) is 0 Å². The van der Waals surface area contributed by atoms with Crippen molar-refractivity contribution >= 4 is 17.5 Å². The molecule has 2 amide bonds. The van der Waals surface area contributed by atoms with E-state index in [2.05, 4.69) is 5.32 Å². The van der Waals surface area contributed by atoms with Crippen molar-refractivity contribution in [3.05, 3.63) is 59.7 Å². The van der Waals surface area contributed by atoms with Crippen LogP contribution >= 0.6 is 0 Å². The second kappa shape index (κ2) is 8.25. The summed E-state index contributed by atoms with van der Waals surface area (Å²) in [5.74, 6) is 0.392. The Bertz CT molecular complexity index is 815. The van der Waals surface area contributed by atoms with Crippen LogP contribution < -0.4 is 15.0 Å². The molecule has 0 saturated heterocycles. The predicted molar refractivity (Wildman–Crippen MR) is 106 cm³/mol. The summed E-state index contributed by atoms with van der Waals surface area (Å²) >= 11 is 0. The molecule has 0 aliphatic carbocycles. The van der Waals surface area contributed by atoms with Gasteiger partial charge in [0.05, 0.1) is 6.61 Å². The van der Waals surface area contributed by atoms with Crippen LogP contribution in [-0.4, -0.2) is 31.0 Å². The van der Waals surface area contributed by atoms with Crippen LogP contribution in [0.25, 0.3) is 0 Å². The highest BCUT2D eigenvalue weighted by molar-refractivity contribution is 6.03. The van der Waals surface area contributed by atoms with Gasteiger partial charge < -0.3 is 15.0 Å². The summed E-state index contributed by atoms with van der Waals surface area (Å²) in [6.45, 7) is 7.04. The van der Waals surface area contributed by atoms with E-state index in [9.17, 15) is 9.59 Å². The number of ether oxygens (including phenoxy) is 1. The van der Waals surface area contributed by atoms with Gasteiger partial charge >= 0.3 is 0 Å². The molecule has 3 rings (SSSR count). The number of nitrogens with zero attached hydrogens (tertiary/aromatic N) is 1. The van der Waals surface area contributed by atoms with Crippen molar-refractivity contribution in [3.63, 3.8) is 0 Å². The van der Waals surface area contributed by atoms with E-state index in [0.29, 0.717) is 18.7 Å². The molecule has 142 valence electrons. The molecule has 5 nitrogen and oxygen atoms in total. The molecule has 2 aromatic carbocycles. The fourth-order valence-corrected chi connectivity index (χ4v) is 3.34. The number of rotatable bonds is 6. The molecule has 1 atom stereocenters. The molecule has 0 aromatic heterocycles. The number of fused-ring (bicyclic) bond motifs is 1. The molecule has 0 radical (unpaired) electrons. The summed E-state index contributed by atoms with van der Waals surface area (Å²) in [6, 6.07) is 14.3. The van der Waals surface area contributed by atoms with Crippen LogP contribution in [0.15, 0.2) is 48.5 Å². The number of carbonyl (C=O) groups excluding carboxylic acids is 2. The number of hydrogen-bond donors (Lipinski definition) is 1. The van der Waals surface area contributed by atoms with Gasteiger partial charge in [-0.25, -0.2) is 0 Å². The van der Waals surface area contributed by atoms with Gasteiger partial charge in [-0.05, 0) is 55.2 Å². The lowest BCUT2D eigenvalue weighted by molar-refractivity contribution is -0.121. The molecule has 0 saturated carbocycles. The van der Waals surface area contributed by atoms with Crippen LogP contribution in [0.2, 0.25) is 0 Å². The highest BCUT2D eigenvalue weighted by atomic mass is 16.5. The van der Waals surface area contributed by atoms with Crippen molar-refractivity contribution in [2.45, 2.75) is 33.2 Å². The summed E-state index contributed by atoms with van der Waals surface area (Å²) in [5, 5.41) is 2.92. The van der Waals surface area contributed by atoms with Crippen LogP contribution in [0.5, 0.6) is 5.75 Å². The SMILES string of the molecule is CCOc1ccc(C(=O)N[C@H](C(=O)N2CCc3ccccc32)C(C)C)cc1. The number of benzene rings is 2. The van der Waals surface area contributed by atoms with Crippen molar-refractivity contribution in [2.24, 2.45) is 5.92 Å². The Labute approximate surface area is 160 Å². The minimum absolute atomic E-state index is 0.0167. The van der Waals surface area contributed by atoms with Gasteiger partial charge in [-0.1, -0.05) is 32.0 Å². The Morgan fingerprint density at radius 2 is 1.81 bits per heavy atom. The average Bonchev–Trinajstić information content (AvgIpc) is 3.10. The number of carbonyl (C=O) groups is 2. The third kappa shape index (κ3) is 4.13. The molecule has 0 fully saturated rings. The third-order valence-electron chi connectivity index (χ3n) is 4.80. The third-order valence-corrected chi connectivity index (χ3v) is 4.80. The Kier molecular flexibility index (Phi) is 5.79. The summed E-state index contributed by atoms with van der Waals surface area (Å²) in [5.41, 5.74) is 2.63. The minimum atomic E-state index is -0.574. The first-order chi connectivity index (χ1) is 13.0. The molecule has 1 aliphatic heterocycles. The molecule has 27 heavy (non-hydrogen) atoms. The number of nitrogens with one attached hydrogen (secondary N) is 1. The van der Waals surface area contributed by atoms with E-state index in [1.807, 2.05) is 45.0 Å². The molecular weight excluding hydrogens is 340 g/mol. The van der Waals surface area contributed by atoms with Gasteiger partial charge in [0, 0.05) is 17.8 Å². The second-order valence-corrected chi connectivity index (χ2v) is 7.02. The van der Waals surface area contributed by atoms with Crippen LogP contribution in [0.4, 0.5) is 5.69 Å². The van der Waals surface area contributed by atoms with E-state index in [-0.39, 0.29) is 17.7 Å². The number of para-hydroxylation sites is 1. The van der Waals surface area contributed by atoms with Gasteiger partial charge in [0.1, 0.15) is 11.8 Å². The van der Waals surface area contributed by atoms with E-state index in [1.165, 1.54) is 5.56 Å². The lowest BCUT2D eigenvalue weighted by atomic mass is 10.0. The predicted octanol–water partition coefficient (Wildman–Crippen LogP) is 3.43. The smallest absolute Gasteiger partial charge is 0.251 e. The largest absolute Gasteiger partial charge is 0.494 e. The van der Waals surface area contributed by atoms with Gasteiger partial charge in [-0.2, -0.15) is 0 Å². The van der Waals surface area contributed by atoms with Gasteiger partial charge in [0.2, 0.25) is 5.91 Å². The van der Waals surface area contributed by atoms with Crippen LogP contribution in [0.1, 0.15) is 36.7 Å². The first-order valence-corrected chi connectivity index (χ1v) is 9.44. The molecule has 0 bridgehead atoms. The fourth-order valence-electron chi connectivity index (χ4n) is 3.34. The fraction of sp³-hybridized carbons (Fsp3) is 0.364. The molecule has 2 aromatic rings. The van der Waals surface area contributed by atoms with Crippen molar-refractivity contribution in [2.75, 3.05) is 18.1 Å². The maximum absolute atomic E-state index is 13.1. The molecule has 1 N–H and O–H groups in total. The van der Waals surface area contributed by atoms with Crippen LogP contribution in [-0.2, 0) is 11.2 Å². The summed E-state index contributed by atoms with van der Waals surface area (Å²) in [7, 11) is 0. The number of hydrogen-bond acceptors (Lipinski definition) is 3. The lowest BCUT2D eigenvalue weighted by Gasteiger charge is -2.27. The first kappa shape index (κ1) is 19.0. The molecular formula is C22H26N2O3. The lowest BCUT2D eigenvalue weighted by Crippen LogP contribution is -2.51. The topological polar surface area (TPSA) is 58.6 Å². The zero-order valence-electron chi connectivity index (χ0n) is 16.1. The van der Waals surface area contributed by atoms with Crippen molar-refractivity contribution in [3.8, 4) is 5.75 Å². The van der Waals surface area contributed by atoms with E-state index >= 15 is 0 Å². The van der Waals surface area contributed by atoms with E-state index in [0.717, 1.165) is 17.9 Å². The minimum Gasteiger partial charge on any atom is -0.494 e. The Morgan fingerprint density at radius 1 is 1.11 bits per heavy atom. The second-order valence-electron chi connectivity index (χ2n) is 7.02. The average molecular weight is 366 g/mol. The van der Waals surface area contributed by atoms with Gasteiger partial charge in [-0.15, -0.1) is 0 Å². The Morgan fingerprint density at radius 3 is 2.48 bits per heavy atom. The maximum Gasteiger partial charge on any atom is 0.251 e. The molecule has 1 heterocycles. The normalized spacial score (nSPS) is 14.0. The standard InChI is InChI=1S/C22H26N2O3/c1-4-27-18-11-9-17(10-12-18)21(25)23-20(15(2)3)22(26)24-14-13-16-7-5-6-8-19(16)24/h5-12,15,20H,4,13-14H2,1-3H3,(H,23,25)/t20-/m0/s1. The summed E-state index contributed by atoms with van der Waals surface area (Å²) in [6.07, 6.45) is 0.847. The van der Waals surface area contributed by atoms with E-state index in [4.69, 9.17) is 4.74 Å². The number of amides is 2. The summed E-state index contributed by atoms with van der Waals surface area (Å²) < 4.78 is 5.41. The van der Waals surface area contributed by atoms with Crippen molar-refractivity contribution in [1.82, 2.24) is 5.32 Å². The van der Waals surface area contributed by atoms with Crippen LogP contribution in [0, 0.1) is 5.92 Å². The van der Waals surface area contributed by atoms with E-state index in [1.54, 1.807) is 29.2 Å². The monoisotopic (exact) mass is 366 g/mol. The molecule has 1 aliphatic rings. The Balaban J connectivity index is 1.74. The van der Waals surface area contributed by atoms with E-state index < -0.39 is 6.04 Å².